The van der Waals surface area contributed by atoms with Gasteiger partial charge >= 0.3 is 0 Å². The first-order chi connectivity index (χ1) is 9.54. The number of halogens is 2. The smallest absolute Gasteiger partial charge is 0.248 e. The fraction of sp³-hybridized carbons (Fsp3) is 0. The van der Waals surface area contributed by atoms with Gasteiger partial charge < -0.3 is 10.2 Å². The van der Waals surface area contributed by atoms with Gasteiger partial charge in [0, 0.05) is 10.0 Å². The Morgan fingerprint density at radius 3 is 2.75 bits per heavy atom. The normalized spacial score (nSPS) is 10.9. The van der Waals surface area contributed by atoms with Crippen molar-refractivity contribution in [2.45, 2.75) is 0 Å². The summed E-state index contributed by atoms with van der Waals surface area (Å²) >= 11 is 9.51. The third-order valence-electron chi connectivity index (χ3n) is 2.83. The molecule has 6 heteroatoms. The summed E-state index contributed by atoms with van der Waals surface area (Å²) in [7, 11) is 0. The molecule has 1 aromatic heterocycles. The van der Waals surface area contributed by atoms with Crippen molar-refractivity contribution < 1.29 is 9.21 Å². The number of carbonyl (C=O) groups excluding carboxylic acids is 1. The average molecular weight is 352 g/mol. The number of nitrogens with zero attached hydrogens (tertiary/aromatic N) is 1. The molecule has 0 unspecified atom stereocenters. The van der Waals surface area contributed by atoms with Gasteiger partial charge in [-0.1, -0.05) is 27.5 Å². The lowest BCUT2D eigenvalue weighted by Crippen LogP contribution is -2.10. The summed E-state index contributed by atoms with van der Waals surface area (Å²) in [6, 6.07) is 10.3. The highest BCUT2D eigenvalue weighted by molar-refractivity contribution is 9.10. The molecule has 0 aliphatic rings. The number of aromatic nitrogens is 1. The number of amides is 1. The van der Waals surface area contributed by atoms with Crippen LogP contribution < -0.4 is 5.73 Å². The van der Waals surface area contributed by atoms with Crippen molar-refractivity contribution in [3.05, 3.63) is 51.5 Å². The van der Waals surface area contributed by atoms with Crippen LogP contribution in [0.15, 0.2) is 45.3 Å². The van der Waals surface area contributed by atoms with Crippen LogP contribution in [0, 0.1) is 0 Å². The Bertz CT molecular complexity index is 829. The molecular weight excluding hydrogens is 344 g/mol. The van der Waals surface area contributed by atoms with Gasteiger partial charge in [-0.3, -0.25) is 4.79 Å². The van der Waals surface area contributed by atoms with Crippen molar-refractivity contribution in [3.8, 4) is 11.5 Å². The van der Waals surface area contributed by atoms with Gasteiger partial charge in [-0.25, -0.2) is 4.98 Å². The molecule has 0 atom stereocenters. The van der Waals surface area contributed by atoms with E-state index in [0.29, 0.717) is 33.1 Å². The zero-order chi connectivity index (χ0) is 14.3. The van der Waals surface area contributed by atoms with Gasteiger partial charge in [0.25, 0.3) is 0 Å². The highest BCUT2D eigenvalue weighted by Gasteiger charge is 2.13. The van der Waals surface area contributed by atoms with E-state index in [-0.39, 0.29) is 0 Å². The first-order valence-electron chi connectivity index (χ1n) is 5.70. The van der Waals surface area contributed by atoms with Crippen LogP contribution in [0.5, 0.6) is 0 Å². The first kappa shape index (κ1) is 13.1. The maximum Gasteiger partial charge on any atom is 0.248 e. The lowest BCUT2D eigenvalue weighted by Gasteiger charge is -1.99. The molecule has 0 saturated heterocycles. The van der Waals surface area contributed by atoms with E-state index in [1.165, 1.54) is 0 Å². The lowest BCUT2D eigenvalue weighted by atomic mass is 10.2. The van der Waals surface area contributed by atoms with Crippen LogP contribution in [-0.4, -0.2) is 10.9 Å². The minimum Gasteiger partial charge on any atom is -0.436 e. The molecule has 2 N–H and O–H groups in total. The molecule has 0 saturated carbocycles. The third-order valence-corrected chi connectivity index (χ3v) is 3.64. The maximum absolute atomic E-state index is 11.2. The summed E-state index contributed by atoms with van der Waals surface area (Å²) < 4.78 is 6.52. The average Bonchev–Trinajstić information content (AvgIpc) is 2.80. The molecule has 0 aliphatic heterocycles. The fourth-order valence-corrected chi connectivity index (χ4v) is 2.61. The number of rotatable bonds is 2. The van der Waals surface area contributed by atoms with Crippen LogP contribution in [0.25, 0.3) is 22.6 Å². The van der Waals surface area contributed by atoms with Crippen LogP contribution in [-0.2, 0) is 0 Å². The number of fused-ring (bicyclic) bond motifs is 1. The number of primary amides is 1. The summed E-state index contributed by atoms with van der Waals surface area (Å²) in [4.78, 5) is 15.5. The summed E-state index contributed by atoms with van der Waals surface area (Å²) in [5, 5.41) is 0.529. The molecule has 0 fully saturated rings. The van der Waals surface area contributed by atoms with Crippen LogP contribution >= 0.6 is 27.5 Å². The Balaban J connectivity index is 2.15. The predicted molar refractivity (Wildman–Crippen MR) is 80.7 cm³/mol. The number of oxazole rings is 1. The van der Waals surface area contributed by atoms with Gasteiger partial charge in [-0.05, 0) is 36.4 Å². The van der Waals surface area contributed by atoms with Crippen molar-refractivity contribution in [3.63, 3.8) is 0 Å². The standard InChI is InChI=1S/C14H8BrClN2O2/c15-8-2-3-9(10(16)6-8)14-18-11-5-7(13(17)19)1-4-12(11)20-14/h1-6H,(H2,17,19). The summed E-state index contributed by atoms with van der Waals surface area (Å²) in [6.07, 6.45) is 0. The fourth-order valence-electron chi connectivity index (χ4n) is 1.86. The maximum atomic E-state index is 11.2. The molecule has 3 aromatic rings. The van der Waals surface area contributed by atoms with Gasteiger partial charge in [0.15, 0.2) is 5.58 Å². The Kier molecular flexibility index (Phi) is 3.23. The van der Waals surface area contributed by atoms with E-state index in [9.17, 15) is 4.79 Å². The molecule has 1 amide bonds. The van der Waals surface area contributed by atoms with Crippen LogP contribution in [0.1, 0.15) is 10.4 Å². The van der Waals surface area contributed by atoms with Crippen molar-refractivity contribution in [2.24, 2.45) is 5.73 Å². The topological polar surface area (TPSA) is 69.1 Å². The third kappa shape index (κ3) is 2.30. The second-order valence-corrected chi connectivity index (χ2v) is 5.51. The number of hydrogen-bond acceptors (Lipinski definition) is 3. The van der Waals surface area contributed by atoms with Crippen molar-refractivity contribution in [1.82, 2.24) is 4.98 Å². The van der Waals surface area contributed by atoms with E-state index in [1.54, 1.807) is 24.3 Å². The number of hydrogen-bond donors (Lipinski definition) is 1. The molecule has 4 nitrogen and oxygen atoms in total. The Labute approximate surface area is 127 Å². The monoisotopic (exact) mass is 350 g/mol. The van der Waals surface area contributed by atoms with E-state index >= 15 is 0 Å². The molecular formula is C14H8BrClN2O2. The molecule has 1 heterocycles. The molecule has 20 heavy (non-hydrogen) atoms. The molecule has 100 valence electrons. The molecule has 0 bridgehead atoms. The Morgan fingerprint density at radius 2 is 2.05 bits per heavy atom. The van der Waals surface area contributed by atoms with Crippen molar-refractivity contribution >= 4 is 44.5 Å². The number of carbonyl (C=O) groups is 1. The Morgan fingerprint density at radius 1 is 1.25 bits per heavy atom. The zero-order valence-electron chi connectivity index (χ0n) is 10.1. The van der Waals surface area contributed by atoms with Gasteiger partial charge in [0.05, 0.1) is 10.6 Å². The molecule has 3 rings (SSSR count). The van der Waals surface area contributed by atoms with E-state index in [0.717, 1.165) is 4.47 Å². The Hall–Kier alpha value is -1.85. The number of benzene rings is 2. The first-order valence-corrected chi connectivity index (χ1v) is 6.87. The summed E-state index contributed by atoms with van der Waals surface area (Å²) in [5.74, 6) is -0.0998. The van der Waals surface area contributed by atoms with Gasteiger partial charge in [-0.15, -0.1) is 0 Å². The second kappa shape index (κ2) is 4.92. The van der Waals surface area contributed by atoms with E-state index < -0.39 is 5.91 Å². The predicted octanol–water partition coefficient (Wildman–Crippen LogP) is 4.01. The van der Waals surface area contributed by atoms with E-state index in [4.69, 9.17) is 21.8 Å². The minimum absolute atomic E-state index is 0.388. The minimum atomic E-state index is -0.502. The molecule has 0 spiro atoms. The van der Waals surface area contributed by atoms with Gasteiger partial charge in [0.2, 0.25) is 11.8 Å². The van der Waals surface area contributed by atoms with E-state index in [1.807, 2.05) is 12.1 Å². The van der Waals surface area contributed by atoms with Crippen LogP contribution in [0.2, 0.25) is 5.02 Å². The van der Waals surface area contributed by atoms with Gasteiger partial charge in [0.1, 0.15) is 5.52 Å². The summed E-state index contributed by atoms with van der Waals surface area (Å²) in [6.45, 7) is 0. The number of nitrogens with two attached hydrogens (primary N) is 1. The zero-order valence-corrected chi connectivity index (χ0v) is 12.4. The largest absolute Gasteiger partial charge is 0.436 e. The van der Waals surface area contributed by atoms with Crippen LogP contribution in [0.4, 0.5) is 0 Å². The summed E-state index contributed by atoms with van der Waals surface area (Å²) in [5.41, 5.74) is 7.45. The SMILES string of the molecule is NC(=O)c1ccc2oc(-c3ccc(Br)cc3Cl)nc2c1. The lowest BCUT2D eigenvalue weighted by molar-refractivity contribution is 0.100. The second-order valence-electron chi connectivity index (χ2n) is 4.19. The van der Waals surface area contributed by atoms with E-state index in [2.05, 4.69) is 20.9 Å². The molecule has 0 aliphatic carbocycles. The molecule has 2 aromatic carbocycles. The van der Waals surface area contributed by atoms with Crippen molar-refractivity contribution in [1.29, 1.82) is 0 Å². The van der Waals surface area contributed by atoms with Gasteiger partial charge in [-0.2, -0.15) is 0 Å². The highest BCUT2D eigenvalue weighted by atomic mass is 79.9. The molecule has 0 radical (unpaired) electrons. The van der Waals surface area contributed by atoms with Crippen LogP contribution in [0.3, 0.4) is 0 Å². The highest BCUT2D eigenvalue weighted by Crippen LogP contribution is 2.32. The quantitative estimate of drug-likeness (QED) is 0.758. The van der Waals surface area contributed by atoms with Crippen molar-refractivity contribution in [2.75, 3.05) is 0 Å².